The highest BCUT2D eigenvalue weighted by molar-refractivity contribution is 5.85. The topological polar surface area (TPSA) is 13.0 Å². The number of nitrogens with zero attached hydrogens (tertiary/aromatic N) is 4. The first kappa shape index (κ1) is 51.5. The van der Waals surface area contributed by atoms with Crippen molar-refractivity contribution < 1.29 is 0 Å². The van der Waals surface area contributed by atoms with Crippen LogP contribution in [0.4, 0.5) is 62.6 Å². The molecule has 0 aromatic heterocycles. The lowest BCUT2D eigenvalue weighted by Crippen LogP contribution is -2.10. The maximum absolute atomic E-state index is 2.32. The Morgan fingerprint density at radius 1 is 0.145 bits per heavy atom. The van der Waals surface area contributed by atoms with Crippen LogP contribution in [-0.4, -0.2) is 7.05 Å². The Labute approximate surface area is 488 Å². The van der Waals surface area contributed by atoms with Crippen molar-refractivity contribution in [1.82, 2.24) is 0 Å². The van der Waals surface area contributed by atoms with Crippen LogP contribution in [-0.2, 0) is 0 Å². The number of para-hydroxylation sites is 3. The summed E-state index contributed by atoms with van der Waals surface area (Å²) in [5, 5.41) is 0. The van der Waals surface area contributed by atoms with Crippen molar-refractivity contribution in [1.29, 1.82) is 0 Å². The van der Waals surface area contributed by atoms with Crippen LogP contribution in [0.5, 0.6) is 0 Å². The molecule has 13 rings (SSSR count). The molecule has 0 aliphatic carbocycles. The van der Waals surface area contributed by atoms with E-state index in [0.29, 0.717) is 0 Å². The summed E-state index contributed by atoms with van der Waals surface area (Å²) < 4.78 is 0. The second kappa shape index (κ2) is 23.8. The number of hydrogen-bond donors (Lipinski definition) is 0. The molecule has 0 spiro atoms. The molecule has 0 amide bonds. The molecular formula is C79H60N4. The van der Waals surface area contributed by atoms with Crippen molar-refractivity contribution in [3.05, 3.63) is 346 Å². The molecule has 13 aromatic rings. The second-order valence-corrected chi connectivity index (χ2v) is 20.7. The minimum absolute atomic E-state index is 1.09. The van der Waals surface area contributed by atoms with E-state index in [2.05, 4.69) is 372 Å². The van der Waals surface area contributed by atoms with E-state index >= 15 is 0 Å². The third-order valence-corrected chi connectivity index (χ3v) is 15.5. The molecule has 4 nitrogen and oxygen atoms in total. The molecule has 0 unspecified atom stereocenters. The smallest absolute Gasteiger partial charge is 0.0467 e. The van der Waals surface area contributed by atoms with Crippen LogP contribution in [0, 0.1) is 0 Å². The molecule has 83 heavy (non-hydrogen) atoms. The lowest BCUT2D eigenvalue weighted by Gasteiger charge is -2.26. The van der Waals surface area contributed by atoms with Crippen molar-refractivity contribution >= 4 is 62.6 Å². The van der Waals surface area contributed by atoms with Gasteiger partial charge >= 0.3 is 0 Å². The SMILES string of the molecule is CN(c1ccc(-c2ccc(N(c3ccccc3)c3ccc(-c4ccc(N(c5ccccc5)c5cccc(-c6ccccc6)c5)cc4)cc3)cc2)cc1)c1ccc(-c2ccc(N(c3ccccc3)c3cccc(-c4ccccc4)c3)cc2)cc1. The van der Waals surface area contributed by atoms with Gasteiger partial charge in [0.15, 0.2) is 0 Å². The lowest BCUT2D eigenvalue weighted by atomic mass is 10.0. The minimum atomic E-state index is 1.09. The van der Waals surface area contributed by atoms with Gasteiger partial charge in [0.25, 0.3) is 0 Å². The molecule has 0 aliphatic heterocycles. The van der Waals surface area contributed by atoms with Gasteiger partial charge in [0.05, 0.1) is 0 Å². The maximum Gasteiger partial charge on any atom is 0.0467 e. The van der Waals surface area contributed by atoms with Crippen molar-refractivity contribution in [3.8, 4) is 55.6 Å². The summed E-state index contributed by atoms with van der Waals surface area (Å²) in [5.74, 6) is 0. The Balaban J connectivity index is 0.689. The summed E-state index contributed by atoms with van der Waals surface area (Å²) in [5.41, 5.74) is 23.9. The summed E-state index contributed by atoms with van der Waals surface area (Å²) in [6.07, 6.45) is 0. The van der Waals surface area contributed by atoms with E-state index in [1.54, 1.807) is 0 Å². The average Bonchev–Trinajstić information content (AvgIpc) is 3.77. The molecule has 0 radical (unpaired) electrons. The van der Waals surface area contributed by atoms with Crippen LogP contribution in [0.1, 0.15) is 0 Å². The molecular weight excluding hydrogens is 1000 g/mol. The van der Waals surface area contributed by atoms with E-state index in [4.69, 9.17) is 0 Å². The lowest BCUT2D eigenvalue weighted by molar-refractivity contribution is 1.21. The highest BCUT2D eigenvalue weighted by Crippen LogP contribution is 2.42. The predicted octanol–water partition coefficient (Wildman–Crippen LogP) is 22.2. The molecule has 0 bridgehead atoms. The first-order valence-electron chi connectivity index (χ1n) is 28.3. The normalized spacial score (nSPS) is 11.0. The fourth-order valence-electron chi connectivity index (χ4n) is 11.1. The van der Waals surface area contributed by atoms with Gasteiger partial charge in [-0.15, -0.1) is 0 Å². The maximum atomic E-state index is 2.32. The van der Waals surface area contributed by atoms with E-state index in [0.717, 1.165) is 84.8 Å². The van der Waals surface area contributed by atoms with Gasteiger partial charge in [0.1, 0.15) is 0 Å². The van der Waals surface area contributed by atoms with Crippen LogP contribution in [0.3, 0.4) is 0 Å². The third kappa shape index (κ3) is 11.3. The second-order valence-electron chi connectivity index (χ2n) is 20.7. The average molecular weight is 1070 g/mol. The van der Waals surface area contributed by atoms with Crippen LogP contribution >= 0.6 is 0 Å². The van der Waals surface area contributed by atoms with Crippen LogP contribution in [0.15, 0.2) is 346 Å². The van der Waals surface area contributed by atoms with Crippen molar-refractivity contribution in [2.75, 3.05) is 26.6 Å². The summed E-state index contributed by atoms with van der Waals surface area (Å²) >= 11 is 0. The van der Waals surface area contributed by atoms with Crippen molar-refractivity contribution in [3.63, 3.8) is 0 Å². The number of hydrogen-bond acceptors (Lipinski definition) is 4. The summed E-state index contributed by atoms with van der Waals surface area (Å²) in [7, 11) is 2.13. The molecule has 0 saturated heterocycles. The zero-order chi connectivity index (χ0) is 55.7. The molecule has 4 heteroatoms. The molecule has 0 saturated carbocycles. The molecule has 0 atom stereocenters. The number of rotatable bonds is 16. The number of benzene rings is 13. The Hall–Kier alpha value is -10.9. The molecule has 0 heterocycles. The van der Waals surface area contributed by atoms with Gasteiger partial charge in [0, 0.05) is 69.6 Å². The zero-order valence-electron chi connectivity index (χ0n) is 46.2. The van der Waals surface area contributed by atoms with E-state index in [-0.39, 0.29) is 0 Å². The molecule has 0 fully saturated rings. The first-order valence-corrected chi connectivity index (χ1v) is 28.3. The zero-order valence-corrected chi connectivity index (χ0v) is 46.2. The van der Waals surface area contributed by atoms with Crippen LogP contribution in [0.25, 0.3) is 55.6 Å². The van der Waals surface area contributed by atoms with Crippen LogP contribution < -0.4 is 19.6 Å². The fraction of sp³-hybridized carbons (Fsp3) is 0.0127. The summed E-state index contributed by atoms with van der Waals surface area (Å²) in [4.78, 5) is 9.21. The van der Waals surface area contributed by atoms with Gasteiger partial charge in [0.2, 0.25) is 0 Å². The Morgan fingerprint density at radius 3 is 0.590 bits per heavy atom. The van der Waals surface area contributed by atoms with Gasteiger partial charge in [-0.05, 0) is 189 Å². The fourth-order valence-corrected chi connectivity index (χ4v) is 11.1. The minimum Gasteiger partial charge on any atom is -0.345 e. The van der Waals surface area contributed by atoms with Crippen molar-refractivity contribution in [2.45, 2.75) is 0 Å². The van der Waals surface area contributed by atoms with Crippen LogP contribution in [0.2, 0.25) is 0 Å². The monoisotopic (exact) mass is 1060 g/mol. The highest BCUT2D eigenvalue weighted by atomic mass is 15.2. The highest BCUT2D eigenvalue weighted by Gasteiger charge is 2.18. The van der Waals surface area contributed by atoms with E-state index < -0.39 is 0 Å². The Morgan fingerprint density at radius 2 is 0.325 bits per heavy atom. The molecule has 0 aliphatic rings. The molecule has 0 N–H and O–H groups in total. The number of anilines is 11. The van der Waals surface area contributed by atoms with Gasteiger partial charge < -0.3 is 19.6 Å². The third-order valence-electron chi connectivity index (χ3n) is 15.5. The Kier molecular flexibility index (Phi) is 14.8. The van der Waals surface area contributed by atoms with E-state index in [9.17, 15) is 0 Å². The Bertz CT molecular complexity index is 4200. The van der Waals surface area contributed by atoms with E-state index in [1.165, 1.54) is 33.4 Å². The molecule has 396 valence electrons. The standard InChI is InChI=1S/C79H60N4/c1-80(70-47-35-62(36-48-70)64-41-53-76(54-42-64)82(72-27-13-5-14-28-72)78-31-17-23-67(57-78)59-19-7-2-8-20-59)69-45-33-61(34-46-69)63-37-49-74(50-38-63)81(71-25-11-4-12-26-71)75-51-39-65(40-52-75)66-43-55-77(56-44-66)83(73-29-15-6-16-30-73)79-32-18-24-68(58-79)60-21-9-3-10-22-60/h2-58H,1H3. The van der Waals surface area contributed by atoms with Crippen molar-refractivity contribution in [2.24, 2.45) is 0 Å². The summed E-state index contributed by atoms with van der Waals surface area (Å²) in [6, 6.07) is 124. The first-order chi connectivity index (χ1) is 41.1. The largest absolute Gasteiger partial charge is 0.345 e. The quantitative estimate of drug-likeness (QED) is 0.0956. The predicted molar refractivity (Wildman–Crippen MR) is 352 cm³/mol. The summed E-state index contributed by atoms with van der Waals surface area (Å²) in [6.45, 7) is 0. The van der Waals surface area contributed by atoms with Gasteiger partial charge in [-0.2, -0.15) is 0 Å². The van der Waals surface area contributed by atoms with Gasteiger partial charge in [-0.25, -0.2) is 0 Å². The molecule has 13 aromatic carbocycles. The van der Waals surface area contributed by atoms with Gasteiger partial charge in [-0.1, -0.05) is 212 Å². The van der Waals surface area contributed by atoms with Gasteiger partial charge in [-0.3, -0.25) is 0 Å². The van der Waals surface area contributed by atoms with E-state index in [1.807, 2.05) is 0 Å².